The van der Waals surface area contributed by atoms with E-state index in [4.69, 9.17) is 21.7 Å². The largest absolute Gasteiger partial charge is 0.467 e. The molecule has 0 aliphatic carbocycles. The second-order valence-electron chi connectivity index (χ2n) is 8.83. The van der Waals surface area contributed by atoms with Gasteiger partial charge in [0, 0.05) is 6.54 Å². The number of amides is 2. The van der Waals surface area contributed by atoms with Crippen LogP contribution in [-0.4, -0.2) is 65.2 Å². The third-order valence-electron chi connectivity index (χ3n) is 5.03. The van der Waals surface area contributed by atoms with Gasteiger partial charge in [-0.1, -0.05) is 42.5 Å². The lowest BCUT2D eigenvalue weighted by Crippen LogP contribution is -2.55. The lowest BCUT2D eigenvalue weighted by molar-refractivity contribution is -0.151. The highest BCUT2D eigenvalue weighted by Gasteiger charge is 2.37. The summed E-state index contributed by atoms with van der Waals surface area (Å²) in [6, 6.07) is 7.76. The zero-order valence-corrected chi connectivity index (χ0v) is 20.2. The summed E-state index contributed by atoms with van der Waals surface area (Å²) in [5, 5.41) is 5.85. The first-order chi connectivity index (χ1) is 15.0. The Labute approximate surface area is 195 Å². The van der Waals surface area contributed by atoms with E-state index in [1.807, 2.05) is 30.3 Å². The van der Waals surface area contributed by atoms with Crippen LogP contribution in [0, 0.1) is 0 Å². The van der Waals surface area contributed by atoms with E-state index < -0.39 is 35.8 Å². The zero-order valence-electron chi connectivity index (χ0n) is 19.3. The molecule has 176 valence electrons. The number of benzene rings is 1. The summed E-state index contributed by atoms with van der Waals surface area (Å²) < 4.78 is 10.2. The Balaban J connectivity index is 2.09. The van der Waals surface area contributed by atoms with Gasteiger partial charge in [-0.2, -0.15) is 0 Å². The molecular weight excluding hydrogens is 430 g/mol. The predicted molar refractivity (Wildman–Crippen MR) is 125 cm³/mol. The summed E-state index contributed by atoms with van der Waals surface area (Å²) in [6.07, 6.45) is 1.15. The summed E-state index contributed by atoms with van der Waals surface area (Å²) in [4.78, 5) is 39.2. The Bertz CT molecular complexity index is 825. The Morgan fingerprint density at radius 1 is 1.19 bits per heavy atom. The topological polar surface area (TPSA) is 97.0 Å². The molecule has 1 heterocycles. The van der Waals surface area contributed by atoms with Gasteiger partial charge in [-0.3, -0.25) is 4.79 Å². The number of rotatable bonds is 7. The molecule has 0 spiro atoms. The van der Waals surface area contributed by atoms with Crippen molar-refractivity contribution in [1.82, 2.24) is 15.5 Å². The first-order valence-electron chi connectivity index (χ1n) is 10.7. The fourth-order valence-electron chi connectivity index (χ4n) is 3.54. The van der Waals surface area contributed by atoms with E-state index in [9.17, 15) is 14.4 Å². The van der Waals surface area contributed by atoms with Gasteiger partial charge in [0.25, 0.3) is 0 Å². The fraction of sp³-hybridized carbons (Fsp3) is 0.565. The molecule has 8 nitrogen and oxygen atoms in total. The van der Waals surface area contributed by atoms with E-state index in [0.717, 1.165) is 12.0 Å². The molecule has 0 unspecified atom stereocenters. The summed E-state index contributed by atoms with van der Waals surface area (Å²) in [7, 11) is 1.32. The molecule has 1 aromatic carbocycles. The quantitative estimate of drug-likeness (QED) is 0.474. The summed E-state index contributed by atoms with van der Waals surface area (Å²) in [5.74, 6) is -0.657. The second-order valence-corrected chi connectivity index (χ2v) is 9.27. The van der Waals surface area contributed by atoms with E-state index >= 15 is 0 Å². The van der Waals surface area contributed by atoms with Crippen molar-refractivity contribution in [3.05, 3.63) is 35.9 Å². The van der Waals surface area contributed by atoms with Crippen molar-refractivity contribution in [2.45, 2.75) is 70.7 Å². The predicted octanol–water partition coefficient (Wildman–Crippen LogP) is 2.59. The highest BCUT2D eigenvalue weighted by atomic mass is 32.1. The molecule has 1 fully saturated rings. The maximum absolute atomic E-state index is 13.0. The number of esters is 1. The minimum Gasteiger partial charge on any atom is -0.467 e. The molecular formula is C23H33N3O5S. The molecule has 32 heavy (non-hydrogen) atoms. The van der Waals surface area contributed by atoms with Crippen molar-refractivity contribution in [2.24, 2.45) is 0 Å². The van der Waals surface area contributed by atoms with Crippen LogP contribution in [0.3, 0.4) is 0 Å². The van der Waals surface area contributed by atoms with Crippen LogP contribution in [0.4, 0.5) is 4.79 Å². The van der Waals surface area contributed by atoms with Crippen molar-refractivity contribution >= 4 is 35.2 Å². The van der Waals surface area contributed by atoms with Gasteiger partial charge >= 0.3 is 12.1 Å². The van der Waals surface area contributed by atoms with Gasteiger partial charge in [0.1, 0.15) is 17.7 Å². The molecule has 1 aliphatic rings. The van der Waals surface area contributed by atoms with Crippen LogP contribution in [0.2, 0.25) is 0 Å². The first-order valence-corrected chi connectivity index (χ1v) is 11.1. The number of hydrogen-bond acceptors (Lipinski definition) is 6. The third-order valence-corrected chi connectivity index (χ3v) is 5.43. The number of carbonyl (C=O) groups is 3. The van der Waals surface area contributed by atoms with Crippen LogP contribution >= 0.6 is 12.2 Å². The van der Waals surface area contributed by atoms with Gasteiger partial charge in [-0.15, -0.1) is 0 Å². The number of alkyl carbamates (subject to hydrolysis) is 1. The fourth-order valence-corrected chi connectivity index (χ4v) is 3.86. The number of hydrogen-bond donors (Lipinski definition) is 2. The smallest absolute Gasteiger partial charge is 0.408 e. The molecule has 1 saturated heterocycles. The van der Waals surface area contributed by atoms with Gasteiger partial charge in [-0.05, 0) is 52.5 Å². The Hall–Kier alpha value is -2.68. The highest BCUT2D eigenvalue weighted by Crippen LogP contribution is 2.19. The molecule has 9 heteroatoms. The van der Waals surface area contributed by atoms with Crippen molar-refractivity contribution in [3.63, 3.8) is 0 Å². The van der Waals surface area contributed by atoms with Crippen LogP contribution < -0.4 is 10.6 Å². The minimum atomic E-state index is -0.675. The molecule has 2 amide bonds. The highest BCUT2D eigenvalue weighted by molar-refractivity contribution is 7.80. The number of ether oxygens (including phenoxy) is 2. The average Bonchev–Trinajstić information content (AvgIpc) is 3.21. The molecule has 3 atom stereocenters. The number of likely N-dealkylation sites (tertiary alicyclic amines) is 1. The Morgan fingerprint density at radius 2 is 1.84 bits per heavy atom. The molecule has 2 rings (SSSR count). The molecule has 0 aromatic heterocycles. The minimum absolute atomic E-state index is 0.240. The van der Waals surface area contributed by atoms with Crippen LogP contribution in [0.5, 0.6) is 0 Å². The van der Waals surface area contributed by atoms with Crippen molar-refractivity contribution < 1.29 is 23.9 Å². The van der Waals surface area contributed by atoms with E-state index in [0.29, 0.717) is 24.4 Å². The maximum atomic E-state index is 13.0. The SMILES string of the molecule is COC(=O)[C@@H]1CCCN1C(=O)[C@H](C)NC(=S)[C@H](Cc1ccccc1)NC(=O)OC(C)(C)C. The van der Waals surface area contributed by atoms with Gasteiger partial charge in [0.2, 0.25) is 5.91 Å². The first kappa shape index (κ1) is 25.6. The molecule has 0 saturated carbocycles. The van der Waals surface area contributed by atoms with Gasteiger partial charge in [-0.25, -0.2) is 9.59 Å². The maximum Gasteiger partial charge on any atom is 0.408 e. The van der Waals surface area contributed by atoms with E-state index in [1.165, 1.54) is 12.0 Å². The van der Waals surface area contributed by atoms with Crippen molar-refractivity contribution in [2.75, 3.05) is 13.7 Å². The van der Waals surface area contributed by atoms with E-state index in [1.54, 1.807) is 27.7 Å². The average molecular weight is 464 g/mol. The second kappa shape index (κ2) is 11.3. The lowest BCUT2D eigenvalue weighted by Gasteiger charge is -2.29. The summed E-state index contributed by atoms with van der Waals surface area (Å²) >= 11 is 5.56. The van der Waals surface area contributed by atoms with Crippen LogP contribution in [0.1, 0.15) is 46.1 Å². The van der Waals surface area contributed by atoms with Crippen LogP contribution in [0.25, 0.3) is 0 Å². The van der Waals surface area contributed by atoms with Crippen LogP contribution in [-0.2, 0) is 25.5 Å². The third kappa shape index (κ3) is 7.47. The molecule has 1 aliphatic heterocycles. The number of carbonyl (C=O) groups excluding carboxylic acids is 3. The van der Waals surface area contributed by atoms with Gasteiger partial charge in [0.05, 0.1) is 18.1 Å². The molecule has 1 aromatic rings. The standard InChI is InChI=1S/C23H33N3O5S/c1-15(20(27)26-13-9-12-18(26)21(28)30-5)24-19(32)17(14-16-10-7-6-8-11-16)25-22(29)31-23(2,3)4/h6-8,10-11,15,17-18H,9,12-14H2,1-5H3,(H,24,32)(H,25,29)/t15-,17-,18-/m0/s1. The monoisotopic (exact) mass is 463 g/mol. The zero-order chi connectivity index (χ0) is 23.9. The van der Waals surface area contributed by atoms with Gasteiger partial charge in [0.15, 0.2) is 0 Å². The number of methoxy groups -OCH3 is 1. The van der Waals surface area contributed by atoms with Crippen molar-refractivity contribution in [3.8, 4) is 0 Å². The van der Waals surface area contributed by atoms with Crippen LogP contribution in [0.15, 0.2) is 30.3 Å². The Kier molecular flexibility index (Phi) is 9.00. The number of nitrogens with one attached hydrogen (secondary N) is 2. The number of nitrogens with zero attached hydrogens (tertiary/aromatic N) is 1. The summed E-state index contributed by atoms with van der Waals surface area (Å²) in [6.45, 7) is 7.52. The van der Waals surface area contributed by atoms with E-state index in [-0.39, 0.29) is 5.91 Å². The summed E-state index contributed by atoms with van der Waals surface area (Å²) in [5.41, 5.74) is 0.320. The lowest BCUT2D eigenvalue weighted by atomic mass is 10.1. The normalized spacial score (nSPS) is 17.8. The molecule has 0 radical (unpaired) electrons. The molecule has 2 N–H and O–H groups in total. The molecule has 0 bridgehead atoms. The van der Waals surface area contributed by atoms with Crippen molar-refractivity contribution in [1.29, 1.82) is 0 Å². The Morgan fingerprint density at radius 3 is 2.44 bits per heavy atom. The van der Waals surface area contributed by atoms with Gasteiger partial charge < -0.3 is 25.0 Å². The van der Waals surface area contributed by atoms with E-state index in [2.05, 4.69) is 10.6 Å². The number of thiocarbonyl (C=S) groups is 1.